The van der Waals surface area contributed by atoms with Crippen molar-refractivity contribution < 1.29 is 24.6 Å². The number of unbranched alkanes of at least 4 members (excludes halogenated alkanes) is 1. The number of aromatic nitrogens is 1. The van der Waals surface area contributed by atoms with Gasteiger partial charge in [0.25, 0.3) is 0 Å². The molecule has 2 heterocycles. The Morgan fingerprint density at radius 3 is 2.14 bits per heavy atom. The summed E-state index contributed by atoms with van der Waals surface area (Å²) in [5.41, 5.74) is 5.07. The molecule has 0 fully saturated rings. The molecular weight excluding hydrogens is 456 g/mol. The van der Waals surface area contributed by atoms with E-state index in [9.17, 15) is 4.79 Å². The maximum Gasteiger partial charge on any atom is 0.414 e. The number of benzene rings is 1. The Balaban J connectivity index is 0.000000678. The molecule has 0 saturated carbocycles. The normalized spacial score (nSPS) is 10.9. The number of carboxylic acids is 2. The Bertz CT molecular complexity index is 1140. The number of hydrogen-bond acceptors (Lipinski definition) is 4. The van der Waals surface area contributed by atoms with Gasteiger partial charge in [-0.15, -0.1) is 0 Å². The molecule has 3 aromatic rings. The Hall–Kier alpha value is -3.45. The number of pyridine rings is 1. The first-order valence-electron chi connectivity index (χ1n) is 12.6. The summed E-state index contributed by atoms with van der Waals surface area (Å²) in [5, 5.41) is 14.8. The summed E-state index contributed by atoms with van der Waals surface area (Å²) >= 11 is 0. The fourth-order valence-corrected chi connectivity index (χ4v) is 4.19. The summed E-state index contributed by atoms with van der Waals surface area (Å²) in [6.45, 7) is 12.3. The van der Waals surface area contributed by atoms with Crippen LogP contribution < -0.4 is 0 Å². The average molecular weight is 495 g/mol. The van der Waals surface area contributed by atoms with Crippen molar-refractivity contribution in [2.75, 3.05) is 19.6 Å². The Morgan fingerprint density at radius 1 is 0.917 bits per heavy atom. The Labute approximate surface area is 213 Å². The van der Waals surface area contributed by atoms with E-state index in [1.807, 2.05) is 34.9 Å². The summed E-state index contributed by atoms with van der Waals surface area (Å²) in [6, 6.07) is 16.5. The van der Waals surface area contributed by atoms with Gasteiger partial charge in [-0.25, -0.2) is 9.59 Å². The second-order valence-electron chi connectivity index (χ2n) is 9.13. The van der Waals surface area contributed by atoms with Gasteiger partial charge >= 0.3 is 11.9 Å². The summed E-state index contributed by atoms with van der Waals surface area (Å²) in [5.74, 6) is -3.24. The fraction of sp³-hybridized carbons (Fsp3) is 0.414. The maximum atomic E-state index is 13.4. The summed E-state index contributed by atoms with van der Waals surface area (Å²) in [6.07, 6.45) is 6.69. The number of aryl methyl sites for hydroxylation is 1. The molecule has 3 rings (SSSR count). The number of carbonyl (C=O) groups is 3. The average Bonchev–Trinajstić information content (AvgIpc) is 3.26. The molecule has 0 radical (unpaired) electrons. The molecule has 2 N–H and O–H groups in total. The van der Waals surface area contributed by atoms with Crippen LogP contribution in [0.5, 0.6) is 0 Å². The van der Waals surface area contributed by atoms with Gasteiger partial charge in [0.2, 0.25) is 5.78 Å². The molecule has 0 aliphatic heterocycles. The number of carbonyl (C=O) groups excluding carboxylic acids is 1. The smallest absolute Gasteiger partial charge is 0.414 e. The third-order valence-corrected chi connectivity index (χ3v) is 6.12. The van der Waals surface area contributed by atoms with Crippen molar-refractivity contribution in [1.29, 1.82) is 0 Å². The van der Waals surface area contributed by atoms with Crippen LogP contribution in [0.4, 0.5) is 0 Å². The van der Waals surface area contributed by atoms with Gasteiger partial charge in [0.05, 0.1) is 5.69 Å². The highest BCUT2D eigenvalue weighted by molar-refractivity contribution is 6.27. The number of aliphatic carboxylic acids is 2. The second-order valence-corrected chi connectivity index (χ2v) is 9.13. The minimum atomic E-state index is -1.82. The Morgan fingerprint density at radius 2 is 1.58 bits per heavy atom. The first kappa shape index (κ1) is 28.8. The molecule has 7 heteroatoms. The summed E-state index contributed by atoms with van der Waals surface area (Å²) < 4.78 is 2.03. The van der Waals surface area contributed by atoms with Crippen LogP contribution in [0.25, 0.3) is 5.52 Å². The van der Waals surface area contributed by atoms with Crippen molar-refractivity contribution >= 4 is 23.2 Å². The Kier molecular flexibility index (Phi) is 11.3. The molecule has 0 aliphatic carbocycles. The third-order valence-electron chi connectivity index (χ3n) is 6.12. The predicted molar refractivity (Wildman–Crippen MR) is 142 cm³/mol. The summed E-state index contributed by atoms with van der Waals surface area (Å²) in [7, 11) is 0. The highest BCUT2D eigenvalue weighted by Crippen LogP contribution is 2.26. The van der Waals surface area contributed by atoms with E-state index in [0.29, 0.717) is 5.92 Å². The standard InChI is InChI=1S/C27H36N2O.C2H2O4/c1-5-17-28(6-2)18-9-7-11-22-13-15-23(16-14-22)27(30)26-25(21(3)4)20-24-12-8-10-19-29(24)26;3-1(4)2(5)6/h8,10,12-16,19-21H,5-7,9,11,17-18H2,1-4H3;(H,3,4)(H,5,6). The van der Waals surface area contributed by atoms with E-state index in [1.54, 1.807) is 0 Å². The van der Waals surface area contributed by atoms with Gasteiger partial charge in [0.1, 0.15) is 0 Å². The zero-order chi connectivity index (χ0) is 26.7. The van der Waals surface area contributed by atoms with Crippen molar-refractivity contribution in [3.63, 3.8) is 0 Å². The molecule has 0 unspecified atom stereocenters. The van der Waals surface area contributed by atoms with Crippen LogP contribution in [-0.4, -0.2) is 56.9 Å². The van der Waals surface area contributed by atoms with E-state index in [4.69, 9.17) is 19.8 Å². The van der Waals surface area contributed by atoms with Crippen LogP contribution in [-0.2, 0) is 16.0 Å². The molecule has 0 aliphatic rings. The highest BCUT2D eigenvalue weighted by Gasteiger charge is 2.20. The molecule has 0 atom stereocenters. The monoisotopic (exact) mass is 494 g/mol. The number of nitrogens with zero attached hydrogens (tertiary/aromatic N) is 2. The van der Waals surface area contributed by atoms with Gasteiger partial charge in [-0.05, 0) is 80.6 Å². The molecule has 0 bridgehead atoms. The number of ketones is 1. The minimum Gasteiger partial charge on any atom is -0.473 e. The molecule has 2 aromatic heterocycles. The topological polar surface area (TPSA) is 99.3 Å². The van der Waals surface area contributed by atoms with Crippen LogP contribution in [0.3, 0.4) is 0 Å². The second kappa shape index (κ2) is 14.2. The van der Waals surface area contributed by atoms with Crippen LogP contribution in [0.15, 0.2) is 54.7 Å². The molecule has 0 amide bonds. The van der Waals surface area contributed by atoms with Crippen molar-refractivity contribution in [2.45, 2.75) is 59.3 Å². The van der Waals surface area contributed by atoms with E-state index in [2.05, 4.69) is 56.9 Å². The lowest BCUT2D eigenvalue weighted by atomic mass is 9.97. The van der Waals surface area contributed by atoms with E-state index in [-0.39, 0.29) is 5.78 Å². The molecule has 7 nitrogen and oxygen atoms in total. The number of fused-ring (bicyclic) bond motifs is 1. The third kappa shape index (κ3) is 8.05. The number of rotatable bonds is 11. The van der Waals surface area contributed by atoms with Crippen LogP contribution in [0, 0.1) is 0 Å². The highest BCUT2D eigenvalue weighted by atomic mass is 16.4. The van der Waals surface area contributed by atoms with Gasteiger partial charge in [-0.2, -0.15) is 0 Å². The lowest BCUT2D eigenvalue weighted by molar-refractivity contribution is -0.159. The lowest BCUT2D eigenvalue weighted by Gasteiger charge is -2.19. The number of carboxylic acid groups (broad SMARTS) is 2. The van der Waals surface area contributed by atoms with Crippen LogP contribution in [0.1, 0.15) is 80.1 Å². The predicted octanol–water partition coefficient (Wildman–Crippen LogP) is 5.50. The van der Waals surface area contributed by atoms with Crippen molar-refractivity contribution in [3.05, 3.63) is 77.1 Å². The largest absolute Gasteiger partial charge is 0.473 e. The zero-order valence-electron chi connectivity index (χ0n) is 21.7. The first-order valence-corrected chi connectivity index (χ1v) is 12.6. The van der Waals surface area contributed by atoms with Gasteiger partial charge in [-0.1, -0.05) is 58.0 Å². The summed E-state index contributed by atoms with van der Waals surface area (Å²) in [4.78, 5) is 34.1. The van der Waals surface area contributed by atoms with E-state index >= 15 is 0 Å². The van der Waals surface area contributed by atoms with Gasteiger partial charge < -0.3 is 19.5 Å². The van der Waals surface area contributed by atoms with Crippen LogP contribution >= 0.6 is 0 Å². The molecule has 0 saturated heterocycles. The minimum absolute atomic E-state index is 0.106. The number of hydrogen-bond donors (Lipinski definition) is 2. The van der Waals surface area contributed by atoms with E-state index in [1.165, 1.54) is 37.9 Å². The van der Waals surface area contributed by atoms with Gasteiger partial charge in [-0.3, -0.25) is 4.79 Å². The quantitative estimate of drug-likeness (QED) is 0.207. The molecular formula is C29H38N2O5. The molecule has 194 valence electrons. The van der Waals surface area contributed by atoms with Crippen molar-refractivity contribution in [1.82, 2.24) is 9.30 Å². The van der Waals surface area contributed by atoms with Gasteiger partial charge in [0, 0.05) is 17.3 Å². The van der Waals surface area contributed by atoms with E-state index < -0.39 is 11.9 Å². The maximum absolute atomic E-state index is 13.4. The fourth-order valence-electron chi connectivity index (χ4n) is 4.19. The van der Waals surface area contributed by atoms with Crippen molar-refractivity contribution in [3.8, 4) is 0 Å². The molecule has 0 spiro atoms. The lowest BCUT2D eigenvalue weighted by Crippen LogP contribution is -2.25. The van der Waals surface area contributed by atoms with Gasteiger partial charge in [0.15, 0.2) is 0 Å². The first-order chi connectivity index (χ1) is 17.2. The molecule has 36 heavy (non-hydrogen) atoms. The van der Waals surface area contributed by atoms with Crippen molar-refractivity contribution in [2.24, 2.45) is 0 Å². The van der Waals surface area contributed by atoms with E-state index in [0.717, 1.165) is 35.3 Å². The SMILES string of the molecule is CCCN(CC)CCCCc1ccc(C(=O)c2c(C(C)C)cc3ccccn23)cc1.O=C(O)C(=O)O. The molecule has 1 aromatic carbocycles. The zero-order valence-corrected chi connectivity index (χ0v) is 21.7. The van der Waals surface area contributed by atoms with Crippen LogP contribution in [0.2, 0.25) is 0 Å².